The van der Waals surface area contributed by atoms with E-state index in [0.717, 1.165) is 48.8 Å². The third-order valence-electron chi connectivity index (χ3n) is 6.98. The minimum atomic E-state index is 0.0178. The summed E-state index contributed by atoms with van der Waals surface area (Å²) in [6.45, 7) is 1.82. The minimum Gasteiger partial charge on any atom is -0.468 e. The number of rotatable bonds is 2. The van der Waals surface area contributed by atoms with E-state index in [-0.39, 0.29) is 5.41 Å². The van der Waals surface area contributed by atoms with Crippen LogP contribution in [-0.4, -0.2) is 29.6 Å². The molecule has 1 aromatic rings. The number of carbonyl (C=O) groups is 1. The van der Waals surface area contributed by atoms with Crippen molar-refractivity contribution in [2.24, 2.45) is 23.2 Å². The predicted molar refractivity (Wildman–Crippen MR) is 95.7 cm³/mol. The van der Waals surface area contributed by atoms with Crippen molar-refractivity contribution in [1.29, 1.82) is 0 Å². The summed E-state index contributed by atoms with van der Waals surface area (Å²) in [6.07, 6.45) is 10.6. The van der Waals surface area contributed by atoms with Crippen molar-refractivity contribution in [3.05, 3.63) is 24.2 Å². The Morgan fingerprint density at radius 1 is 1.12 bits per heavy atom. The molecule has 1 aliphatic heterocycles. The fraction of sp³-hybridized carbons (Fsp3) is 0.750. The molecule has 3 nitrogen and oxygen atoms in total. The molecular weight excluding hydrogens is 318 g/mol. The Labute approximate surface area is 148 Å². The highest BCUT2D eigenvalue weighted by molar-refractivity contribution is 7.99. The topological polar surface area (TPSA) is 33.5 Å². The summed E-state index contributed by atoms with van der Waals surface area (Å²) < 4.78 is 5.60. The first-order chi connectivity index (χ1) is 11.7. The van der Waals surface area contributed by atoms with Crippen LogP contribution in [0.25, 0.3) is 0 Å². The second-order valence-corrected chi connectivity index (χ2v) is 9.96. The van der Waals surface area contributed by atoms with Crippen LogP contribution in [0.2, 0.25) is 0 Å². The number of nitrogens with zero attached hydrogens (tertiary/aromatic N) is 1. The third-order valence-corrected chi connectivity index (χ3v) is 8.27. The van der Waals surface area contributed by atoms with Gasteiger partial charge in [0.05, 0.1) is 16.9 Å². The molecule has 0 N–H and O–H groups in total. The summed E-state index contributed by atoms with van der Waals surface area (Å²) in [5.41, 5.74) is 0.0178. The fourth-order valence-corrected chi connectivity index (χ4v) is 7.56. The molecule has 0 aromatic carbocycles. The van der Waals surface area contributed by atoms with E-state index in [1.54, 1.807) is 6.26 Å². The van der Waals surface area contributed by atoms with E-state index in [0.29, 0.717) is 11.2 Å². The second kappa shape index (κ2) is 5.82. The van der Waals surface area contributed by atoms with Crippen molar-refractivity contribution in [2.75, 3.05) is 18.8 Å². The van der Waals surface area contributed by atoms with Crippen LogP contribution in [0.4, 0.5) is 0 Å². The fourth-order valence-electron chi connectivity index (χ4n) is 6.38. The molecule has 6 rings (SSSR count). The van der Waals surface area contributed by atoms with Crippen LogP contribution >= 0.6 is 11.8 Å². The zero-order valence-electron chi connectivity index (χ0n) is 14.3. The van der Waals surface area contributed by atoms with Crippen molar-refractivity contribution in [2.45, 2.75) is 50.2 Å². The SMILES string of the molecule is O=C(N1CCSC(c2ccco2)CC1)C12CC3CC(CC(C3)C1)C2. The van der Waals surface area contributed by atoms with E-state index in [4.69, 9.17) is 4.42 Å². The Kier molecular flexibility index (Phi) is 3.73. The molecule has 4 heteroatoms. The van der Waals surface area contributed by atoms with Crippen LogP contribution in [0.3, 0.4) is 0 Å². The van der Waals surface area contributed by atoms with Gasteiger partial charge in [-0.15, -0.1) is 11.8 Å². The maximum atomic E-state index is 13.5. The molecular formula is C20H27NO2S. The number of furan rings is 1. The maximum Gasteiger partial charge on any atom is 0.228 e. The lowest BCUT2D eigenvalue weighted by atomic mass is 9.49. The molecule has 130 valence electrons. The number of hydrogen-bond acceptors (Lipinski definition) is 3. The van der Waals surface area contributed by atoms with Crippen molar-refractivity contribution in [3.63, 3.8) is 0 Å². The van der Waals surface area contributed by atoms with Crippen molar-refractivity contribution >= 4 is 17.7 Å². The number of carbonyl (C=O) groups excluding carboxylic acids is 1. The minimum absolute atomic E-state index is 0.0178. The van der Waals surface area contributed by atoms with Gasteiger partial charge in [0.1, 0.15) is 5.76 Å². The Morgan fingerprint density at radius 2 is 1.83 bits per heavy atom. The maximum absolute atomic E-state index is 13.5. The van der Waals surface area contributed by atoms with Crippen LogP contribution in [0.1, 0.15) is 56.0 Å². The van der Waals surface area contributed by atoms with E-state index in [1.807, 2.05) is 17.8 Å². The summed E-state index contributed by atoms with van der Waals surface area (Å²) in [5, 5.41) is 0.411. The molecule has 1 saturated heterocycles. The van der Waals surface area contributed by atoms with E-state index >= 15 is 0 Å². The first-order valence-corrected chi connectivity index (χ1v) is 10.7. The number of thioether (sulfide) groups is 1. The summed E-state index contributed by atoms with van der Waals surface area (Å²) in [4.78, 5) is 15.7. The molecule has 0 spiro atoms. The van der Waals surface area contributed by atoms with Gasteiger partial charge in [-0.2, -0.15) is 0 Å². The van der Waals surface area contributed by atoms with E-state index in [9.17, 15) is 4.79 Å². The van der Waals surface area contributed by atoms with Crippen LogP contribution in [0.15, 0.2) is 22.8 Å². The number of amides is 1. The molecule has 5 fully saturated rings. The zero-order valence-corrected chi connectivity index (χ0v) is 15.1. The van der Waals surface area contributed by atoms with Crippen molar-refractivity contribution in [3.8, 4) is 0 Å². The van der Waals surface area contributed by atoms with Gasteiger partial charge in [-0.25, -0.2) is 0 Å². The molecule has 4 bridgehead atoms. The highest BCUT2D eigenvalue weighted by Crippen LogP contribution is 2.60. The van der Waals surface area contributed by atoms with Crippen LogP contribution < -0.4 is 0 Å². The Bertz CT molecular complexity index is 576. The normalized spacial score (nSPS) is 41.4. The number of hydrogen-bond donors (Lipinski definition) is 0. The summed E-state index contributed by atoms with van der Waals surface area (Å²) in [7, 11) is 0. The van der Waals surface area contributed by atoms with Gasteiger partial charge in [0.2, 0.25) is 5.91 Å². The summed E-state index contributed by atoms with van der Waals surface area (Å²) >= 11 is 1.95. The monoisotopic (exact) mass is 345 g/mol. The molecule has 5 aliphatic rings. The van der Waals surface area contributed by atoms with Gasteiger partial charge < -0.3 is 9.32 Å². The molecule has 2 heterocycles. The summed E-state index contributed by atoms with van der Waals surface area (Å²) in [5.74, 6) is 5.14. The highest BCUT2D eigenvalue weighted by atomic mass is 32.2. The quantitative estimate of drug-likeness (QED) is 0.791. The van der Waals surface area contributed by atoms with Gasteiger partial charge >= 0.3 is 0 Å². The Morgan fingerprint density at radius 3 is 2.46 bits per heavy atom. The van der Waals surface area contributed by atoms with E-state index in [2.05, 4.69) is 11.0 Å². The van der Waals surface area contributed by atoms with Gasteiger partial charge in [0.15, 0.2) is 0 Å². The molecule has 1 aromatic heterocycles. The van der Waals surface area contributed by atoms with Gasteiger partial charge in [-0.05, 0) is 74.8 Å². The first-order valence-electron chi connectivity index (χ1n) is 9.66. The smallest absolute Gasteiger partial charge is 0.228 e. The second-order valence-electron chi connectivity index (χ2n) is 8.65. The van der Waals surface area contributed by atoms with Crippen molar-refractivity contribution < 1.29 is 9.21 Å². The highest BCUT2D eigenvalue weighted by Gasteiger charge is 2.55. The van der Waals surface area contributed by atoms with E-state index < -0.39 is 0 Å². The first kappa shape index (κ1) is 15.4. The van der Waals surface area contributed by atoms with Crippen LogP contribution in [-0.2, 0) is 4.79 Å². The van der Waals surface area contributed by atoms with Gasteiger partial charge in [0.25, 0.3) is 0 Å². The van der Waals surface area contributed by atoms with Gasteiger partial charge in [0, 0.05) is 18.8 Å². The average molecular weight is 346 g/mol. The zero-order chi connectivity index (χ0) is 16.1. The van der Waals surface area contributed by atoms with Gasteiger partial charge in [-0.1, -0.05) is 0 Å². The molecule has 0 radical (unpaired) electrons. The standard InChI is InChI=1S/C20H27NO2S/c22-19(20-11-14-8-15(12-20)10-16(9-14)13-20)21-4-3-18(24-7-5-21)17-2-1-6-23-17/h1-2,6,14-16,18H,3-5,7-13H2. The molecule has 1 amide bonds. The Balaban J connectivity index is 1.31. The van der Waals surface area contributed by atoms with E-state index in [1.165, 1.54) is 38.5 Å². The van der Waals surface area contributed by atoms with Crippen LogP contribution in [0, 0.1) is 23.2 Å². The average Bonchev–Trinajstić information content (AvgIpc) is 2.98. The molecule has 4 saturated carbocycles. The predicted octanol–water partition coefficient (Wildman–Crippen LogP) is 4.50. The molecule has 4 aliphatic carbocycles. The lowest BCUT2D eigenvalue weighted by Crippen LogP contribution is -2.54. The third kappa shape index (κ3) is 2.53. The lowest BCUT2D eigenvalue weighted by molar-refractivity contribution is -0.157. The lowest BCUT2D eigenvalue weighted by Gasteiger charge is -2.56. The molecule has 24 heavy (non-hydrogen) atoms. The van der Waals surface area contributed by atoms with Crippen molar-refractivity contribution in [1.82, 2.24) is 4.90 Å². The Hall–Kier alpha value is -0.900. The largest absolute Gasteiger partial charge is 0.468 e. The summed E-state index contributed by atoms with van der Waals surface area (Å²) in [6, 6.07) is 4.05. The molecule has 1 atom stereocenters. The molecule has 1 unspecified atom stereocenters. The van der Waals surface area contributed by atoms with Crippen LogP contribution in [0.5, 0.6) is 0 Å². The van der Waals surface area contributed by atoms with Gasteiger partial charge in [-0.3, -0.25) is 4.79 Å².